The second-order valence-corrected chi connectivity index (χ2v) is 2.70. The van der Waals surface area contributed by atoms with Crippen LogP contribution in [0, 0.1) is 0 Å². The Bertz CT molecular complexity index is 140. The van der Waals surface area contributed by atoms with Crippen molar-refractivity contribution in [3.05, 3.63) is 0 Å². The van der Waals surface area contributed by atoms with Gasteiger partial charge >= 0.3 is 0 Å². The largest absolute Gasteiger partial charge is 0.372 e. The molecule has 4 heteroatoms. The highest BCUT2D eigenvalue weighted by molar-refractivity contribution is 6.22. The third-order valence-corrected chi connectivity index (χ3v) is 1.96. The lowest BCUT2D eigenvalue weighted by Crippen LogP contribution is -2.39. The molecule has 1 rings (SSSR count). The summed E-state index contributed by atoms with van der Waals surface area (Å²) in [5.74, 6) is -0.115. The molecular weight excluding hydrogens is 154 g/mol. The van der Waals surface area contributed by atoms with Crippen LogP contribution in [-0.4, -0.2) is 30.1 Å². The number of carbonyl (C=O) groups excluding carboxylic acids is 1. The monoisotopic (exact) mass is 163 g/mol. The molecule has 0 bridgehead atoms. The van der Waals surface area contributed by atoms with E-state index in [0.29, 0.717) is 6.54 Å². The average molecular weight is 164 g/mol. The first-order chi connectivity index (χ1) is 4.75. The van der Waals surface area contributed by atoms with Crippen LogP contribution < -0.4 is 0 Å². The van der Waals surface area contributed by atoms with Crippen molar-refractivity contribution in [2.45, 2.75) is 18.9 Å². The van der Waals surface area contributed by atoms with Gasteiger partial charge in [-0.1, -0.05) is 0 Å². The molecule has 58 valence electrons. The summed E-state index contributed by atoms with van der Waals surface area (Å²) < 4.78 is 6.09. The number of halogens is 1. The van der Waals surface area contributed by atoms with E-state index in [0.717, 1.165) is 12.8 Å². The summed E-state index contributed by atoms with van der Waals surface area (Å²) in [6, 6.07) is 0. The van der Waals surface area contributed by atoms with Crippen LogP contribution in [0.15, 0.2) is 0 Å². The Labute approximate surface area is 65.0 Å². The Kier molecular flexibility index (Phi) is 2.51. The molecule has 1 fully saturated rings. The van der Waals surface area contributed by atoms with Crippen molar-refractivity contribution in [1.82, 2.24) is 4.42 Å². The number of nitrogens with zero attached hydrogens (tertiary/aromatic N) is 1. The third-order valence-electron chi connectivity index (χ3n) is 1.62. The lowest BCUT2D eigenvalue weighted by Gasteiger charge is -2.25. The molecule has 1 saturated heterocycles. The molecule has 0 saturated carbocycles. The molecule has 1 amide bonds. The second kappa shape index (κ2) is 3.21. The van der Waals surface area contributed by atoms with E-state index in [-0.39, 0.29) is 12.0 Å². The third kappa shape index (κ3) is 1.41. The van der Waals surface area contributed by atoms with Gasteiger partial charge in [0.05, 0.1) is 0 Å². The van der Waals surface area contributed by atoms with Crippen LogP contribution >= 0.6 is 11.8 Å². The van der Waals surface area contributed by atoms with Crippen LogP contribution in [0.2, 0.25) is 0 Å². The fourth-order valence-corrected chi connectivity index (χ4v) is 1.25. The van der Waals surface area contributed by atoms with Crippen molar-refractivity contribution in [2.24, 2.45) is 0 Å². The summed E-state index contributed by atoms with van der Waals surface area (Å²) >= 11 is 5.54. The molecule has 1 aliphatic heterocycles. The van der Waals surface area contributed by atoms with Crippen molar-refractivity contribution < 1.29 is 9.53 Å². The number of rotatable bonds is 1. The minimum atomic E-state index is -0.314. The van der Waals surface area contributed by atoms with Gasteiger partial charge in [-0.15, -0.1) is 0 Å². The lowest BCUT2D eigenvalue weighted by molar-refractivity contribution is -0.140. The average Bonchev–Trinajstić information content (AvgIpc) is 1.95. The van der Waals surface area contributed by atoms with E-state index in [4.69, 9.17) is 16.5 Å². The van der Waals surface area contributed by atoms with Crippen LogP contribution in [-0.2, 0) is 9.53 Å². The molecule has 0 radical (unpaired) electrons. The normalized spacial score (nSPS) is 27.2. The zero-order chi connectivity index (χ0) is 7.56. The van der Waals surface area contributed by atoms with Gasteiger partial charge in [-0.2, -0.15) is 0 Å². The quantitative estimate of drug-likeness (QED) is 0.535. The molecule has 0 aromatic rings. The van der Waals surface area contributed by atoms with E-state index in [1.807, 2.05) is 0 Å². The standard InChI is InChI=1S/C6H10ClNO2/c1-10-5-3-2-4-8(7)6(5)9/h5H,2-4H2,1H3. The molecule has 1 unspecified atom stereocenters. The molecule has 1 aliphatic rings. The number of amides is 1. The first-order valence-corrected chi connectivity index (χ1v) is 3.59. The van der Waals surface area contributed by atoms with Gasteiger partial charge in [0.1, 0.15) is 6.10 Å². The van der Waals surface area contributed by atoms with Crippen LogP contribution in [0.4, 0.5) is 0 Å². The Hall–Kier alpha value is -0.280. The predicted octanol–water partition coefficient (Wildman–Crippen LogP) is 0.778. The van der Waals surface area contributed by atoms with Crippen molar-refractivity contribution in [1.29, 1.82) is 0 Å². The number of hydrogen-bond acceptors (Lipinski definition) is 2. The highest BCUT2D eigenvalue weighted by atomic mass is 35.5. The maximum Gasteiger partial charge on any atom is 0.266 e. The maximum absolute atomic E-state index is 11.0. The molecule has 10 heavy (non-hydrogen) atoms. The fraction of sp³-hybridized carbons (Fsp3) is 0.833. The van der Waals surface area contributed by atoms with E-state index in [9.17, 15) is 4.79 Å². The van der Waals surface area contributed by atoms with Gasteiger partial charge in [-0.25, -0.2) is 0 Å². The molecule has 0 N–H and O–H groups in total. The molecule has 1 atom stereocenters. The number of methoxy groups -OCH3 is 1. The van der Waals surface area contributed by atoms with E-state index < -0.39 is 0 Å². The van der Waals surface area contributed by atoms with Gasteiger partial charge in [0, 0.05) is 25.4 Å². The fourth-order valence-electron chi connectivity index (χ4n) is 1.02. The van der Waals surface area contributed by atoms with Crippen LogP contribution in [0.25, 0.3) is 0 Å². The Morgan fingerprint density at radius 1 is 1.80 bits per heavy atom. The minimum absolute atomic E-state index is 0.115. The summed E-state index contributed by atoms with van der Waals surface area (Å²) in [5, 5.41) is 0. The second-order valence-electron chi connectivity index (χ2n) is 2.29. The first-order valence-electron chi connectivity index (χ1n) is 3.25. The molecule has 1 heterocycles. The van der Waals surface area contributed by atoms with E-state index in [2.05, 4.69) is 0 Å². The zero-order valence-corrected chi connectivity index (χ0v) is 6.60. The number of carbonyl (C=O) groups is 1. The summed E-state index contributed by atoms with van der Waals surface area (Å²) in [7, 11) is 1.53. The SMILES string of the molecule is COC1CCCN(Cl)C1=O. The smallest absolute Gasteiger partial charge is 0.266 e. The van der Waals surface area contributed by atoms with Crippen molar-refractivity contribution in [3.8, 4) is 0 Å². The van der Waals surface area contributed by atoms with Gasteiger partial charge in [0.15, 0.2) is 0 Å². The van der Waals surface area contributed by atoms with Gasteiger partial charge in [0.2, 0.25) is 0 Å². The Morgan fingerprint density at radius 2 is 2.50 bits per heavy atom. The molecule has 0 aliphatic carbocycles. The van der Waals surface area contributed by atoms with Crippen molar-refractivity contribution >= 4 is 17.7 Å². The van der Waals surface area contributed by atoms with E-state index in [1.165, 1.54) is 11.5 Å². The lowest BCUT2D eigenvalue weighted by atomic mass is 10.1. The molecule has 3 nitrogen and oxygen atoms in total. The Morgan fingerprint density at radius 3 is 3.00 bits per heavy atom. The summed E-state index contributed by atoms with van der Waals surface area (Å²) in [6.07, 6.45) is 1.40. The molecule has 0 aromatic heterocycles. The number of hydrogen-bond donors (Lipinski definition) is 0. The summed E-state index contributed by atoms with van der Waals surface area (Å²) in [5.41, 5.74) is 0. The number of piperidine rings is 1. The van der Waals surface area contributed by atoms with Gasteiger partial charge < -0.3 is 4.74 Å². The topological polar surface area (TPSA) is 29.5 Å². The van der Waals surface area contributed by atoms with Crippen molar-refractivity contribution in [2.75, 3.05) is 13.7 Å². The van der Waals surface area contributed by atoms with Gasteiger partial charge in [-0.3, -0.25) is 9.21 Å². The van der Waals surface area contributed by atoms with Gasteiger partial charge in [-0.05, 0) is 12.8 Å². The molecule has 0 aromatic carbocycles. The number of ether oxygens (including phenoxy) is 1. The van der Waals surface area contributed by atoms with E-state index >= 15 is 0 Å². The van der Waals surface area contributed by atoms with Crippen molar-refractivity contribution in [3.63, 3.8) is 0 Å². The first kappa shape index (κ1) is 7.82. The highest BCUT2D eigenvalue weighted by Gasteiger charge is 2.27. The Balaban J connectivity index is 2.51. The predicted molar refractivity (Wildman–Crippen MR) is 37.6 cm³/mol. The maximum atomic E-state index is 11.0. The highest BCUT2D eigenvalue weighted by Crippen LogP contribution is 2.15. The summed E-state index contributed by atoms with van der Waals surface area (Å²) in [6.45, 7) is 0.639. The zero-order valence-electron chi connectivity index (χ0n) is 5.84. The molecular formula is C6H10ClNO2. The van der Waals surface area contributed by atoms with Crippen LogP contribution in [0.3, 0.4) is 0 Å². The summed E-state index contributed by atoms with van der Waals surface area (Å²) in [4.78, 5) is 11.0. The van der Waals surface area contributed by atoms with E-state index in [1.54, 1.807) is 0 Å². The van der Waals surface area contributed by atoms with Crippen LogP contribution in [0.1, 0.15) is 12.8 Å². The van der Waals surface area contributed by atoms with Gasteiger partial charge in [0.25, 0.3) is 5.91 Å². The molecule has 0 spiro atoms. The van der Waals surface area contributed by atoms with Crippen LogP contribution in [0.5, 0.6) is 0 Å². The minimum Gasteiger partial charge on any atom is -0.372 e.